The SMILES string of the molecule is CCNC(C#N)CCOCC1CC1. The number of hydrogen-bond donors (Lipinski definition) is 1. The fraction of sp³-hybridized carbons (Fsp3) is 0.900. The summed E-state index contributed by atoms with van der Waals surface area (Å²) in [5.74, 6) is 0.819. The highest BCUT2D eigenvalue weighted by molar-refractivity contribution is 4.88. The maximum absolute atomic E-state index is 8.71. The fourth-order valence-electron chi connectivity index (χ4n) is 1.19. The molecule has 0 aromatic rings. The van der Waals surface area contributed by atoms with E-state index >= 15 is 0 Å². The van der Waals surface area contributed by atoms with E-state index in [0.29, 0.717) is 6.61 Å². The van der Waals surface area contributed by atoms with Gasteiger partial charge in [-0.05, 0) is 31.7 Å². The van der Waals surface area contributed by atoms with E-state index in [-0.39, 0.29) is 6.04 Å². The first kappa shape index (κ1) is 10.5. The van der Waals surface area contributed by atoms with E-state index < -0.39 is 0 Å². The van der Waals surface area contributed by atoms with Gasteiger partial charge in [0, 0.05) is 13.2 Å². The Morgan fingerprint density at radius 1 is 1.62 bits per heavy atom. The summed E-state index contributed by atoms with van der Waals surface area (Å²) in [6.07, 6.45) is 3.46. The number of rotatable bonds is 7. The van der Waals surface area contributed by atoms with Gasteiger partial charge in [0.1, 0.15) is 0 Å². The summed E-state index contributed by atoms with van der Waals surface area (Å²) in [6, 6.07) is 2.18. The number of nitrogens with one attached hydrogen (secondary N) is 1. The lowest BCUT2D eigenvalue weighted by atomic mass is 10.2. The summed E-state index contributed by atoms with van der Waals surface area (Å²) < 4.78 is 5.45. The van der Waals surface area contributed by atoms with Crippen LogP contribution in [-0.2, 0) is 4.74 Å². The first-order valence-corrected chi connectivity index (χ1v) is 5.07. The van der Waals surface area contributed by atoms with E-state index in [0.717, 1.165) is 25.5 Å². The lowest BCUT2D eigenvalue weighted by molar-refractivity contribution is 0.118. The van der Waals surface area contributed by atoms with E-state index in [1.54, 1.807) is 0 Å². The van der Waals surface area contributed by atoms with Crippen molar-refractivity contribution in [1.29, 1.82) is 5.26 Å². The second kappa shape index (κ2) is 5.95. The first-order valence-electron chi connectivity index (χ1n) is 5.07. The molecule has 1 fully saturated rings. The highest BCUT2D eigenvalue weighted by Gasteiger charge is 2.21. The Bertz CT molecular complexity index is 172. The van der Waals surface area contributed by atoms with Crippen LogP contribution in [0.3, 0.4) is 0 Å². The summed E-state index contributed by atoms with van der Waals surface area (Å²) in [6.45, 7) is 4.46. The minimum Gasteiger partial charge on any atom is -0.381 e. The third kappa shape index (κ3) is 4.87. The average molecular weight is 182 g/mol. The van der Waals surface area contributed by atoms with Crippen molar-refractivity contribution in [3.63, 3.8) is 0 Å². The van der Waals surface area contributed by atoms with Crippen molar-refractivity contribution in [2.75, 3.05) is 19.8 Å². The van der Waals surface area contributed by atoms with Crippen LogP contribution >= 0.6 is 0 Å². The Morgan fingerprint density at radius 3 is 2.92 bits per heavy atom. The molecule has 74 valence electrons. The van der Waals surface area contributed by atoms with Crippen molar-refractivity contribution in [1.82, 2.24) is 5.32 Å². The Labute approximate surface area is 80.1 Å². The molecule has 13 heavy (non-hydrogen) atoms. The van der Waals surface area contributed by atoms with E-state index in [4.69, 9.17) is 10.00 Å². The molecule has 0 aromatic heterocycles. The molecular formula is C10H18N2O. The maximum Gasteiger partial charge on any atom is 0.0974 e. The Morgan fingerprint density at radius 2 is 2.38 bits per heavy atom. The topological polar surface area (TPSA) is 45.0 Å². The average Bonchev–Trinajstić information content (AvgIpc) is 2.94. The van der Waals surface area contributed by atoms with E-state index in [1.165, 1.54) is 12.8 Å². The van der Waals surface area contributed by atoms with Gasteiger partial charge >= 0.3 is 0 Å². The molecule has 0 amide bonds. The monoisotopic (exact) mass is 182 g/mol. The Hall–Kier alpha value is -0.590. The van der Waals surface area contributed by atoms with Crippen LogP contribution in [0, 0.1) is 17.2 Å². The number of nitriles is 1. The fourth-order valence-corrected chi connectivity index (χ4v) is 1.19. The standard InChI is InChI=1S/C10H18N2O/c1-2-12-10(7-11)5-6-13-8-9-3-4-9/h9-10,12H,2-6,8H2,1H3. The molecule has 1 atom stereocenters. The quantitative estimate of drug-likeness (QED) is 0.604. The van der Waals surface area contributed by atoms with Gasteiger partial charge in [-0.2, -0.15) is 5.26 Å². The molecule has 1 rings (SSSR count). The Kier molecular flexibility index (Phi) is 4.81. The van der Waals surface area contributed by atoms with Gasteiger partial charge in [-0.15, -0.1) is 0 Å². The van der Waals surface area contributed by atoms with Crippen molar-refractivity contribution >= 4 is 0 Å². The van der Waals surface area contributed by atoms with Gasteiger partial charge in [-0.25, -0.2) is 0 Å². The minimum atomic E-state index is -0.0378. The Balaban J connectivity index is 1.92. The summed E-state index contributed by atoms with van der Waals surface area (Å²) in [5.41, 5.74) is 0. The van der Waals surface area contributed by atoms with Crippen molar-refractivity contribution in [2.24, 2.45) is 5.92 Å². The van der Waals surface area contributed by atoms with E-state index in [9.17, 15) is 0 Å². The second-order valence-corrected chi connectivity index (χ2v) is 3.55. The largest absolute Gasteiger partial charge is 0.381 e. The molecular weight excluding hydrogens is 164 g/mol. The molecule has 1 N–H and O–H groups in total. The summed E-state index contributed by atoms with van der Waals surface area (Å²) >= 11 is 0. The van der Waals surface area contributed by atoms with Crippen LogP contribution in [0.2, 0.25) is 0 Å². The van der Waals surface area contributed by atoms with Crippen LogP contribution in [0.4, 0.5) is 0 Å². The van der Waals surface area contributed by atoms with Crippen LogP contribution in [-0.4, -0.2) is 25.8 Å². The molecule has 1 unspecified atom stereocenters. The molecule has 3 heteroatoms. The predicted molar refractivity (Wildman–Crippen MR) is 51.2 cm³/mol. The maximum atomic E-state index is 8.71. The smallest absolute Gasteiger partial charge is 0.0974 e. The van der Waals surface area contributed by atoms with Gasteiger partial charge in [0.15, 0.2) is 0 Å². The second-order valence-electron chi connectivity index (χ2n) is 3.55. The zero-order valence-corrected chi connectivity index (χ0v) is 8.25. The van der Waals surface area contributed by atoms with Crippen molar-refractivity contribution in [2.45, 2.75) is 32.2 Å². The molecule has 0 aliphatic heterocycles. The van der Waals surface area contributed by atoms with Crippen LogP contribution in [0.5, 0.6) is 0 Å². The van der Waals surface area contributed by atoms with Gasteiger partial charge in [0.2, 0.25) is 0 Å². The number of nitrogens with zero attached hydrogens (tertiary/aromatic N) is 1. The van der Waals surface area contributed by atoms with Gasteiger partial charge in [0.05, 0.1) is 12.1 Å². The normalized spacial score (nSPS) is 18.2. The highest BCUT2D eigenvalue weighted by atomic mass is 16.5. The van der Waals surface area contributed by atoms with Crippen molar-refractivity contribution in [3.05, 3.63) is 0 Å². The van der Waals surface area contributed by atoms with Crippen LogP contribution < -0.4 is 5.32 Å². The number of hydrogen-bond acceptors (Lipinski definition) is 3. The molecule has 1 aliphatic carbocycles. The van der Waals surface area contributed by atoms with Crippen molar-refractivity contribution < 1.29 is 4.74 Å². The lowest BCUT2D eigenvalue weighted by Gasteiger charge is -2.09. The lowest BCUT2D eigenvalue weighted by Crippen LogP contribution is -2.28. The molecule has 0 spiro atoms. The van der Waals surface area contributed by atoms with Gasteiger partial charge in [-0.1, -0.05) is 6.92 Å². The third-order valence-corrected chi connectivity index (χ3v) is 2.21. The molecule has 0 heterocycles. The highest BCUT2D eigenvalue weighted by Crippen LogP contribution is 2.28. The third-order valence-electron chi connectivity index (χ3n) is 2.21. The molecule has 3 nitrogen and oxygen atoms in total. The first-order chi connectivity index (χ1) is 6.36. The summed E-state index contributed by atoms with van der Waals surface area (Å²) in [7, 11) is 0. The van der Waals surface area contributed by atoms with E-state index in [1.807, 2.05) is 6.92 Å². The van der Waals surface area contributed by atoms with Crippen LogP contribution in [0.15, 0.2) is 0 Å². The van der Waals surface area contributed by atoms with Crippen molar-refractivity contribution in [3.8, 4) is 6.07 Å². The van der Waals surface area contributed by atoms with Crippen LogP contribution in [0.1, 0.15) is 26.2 Å². The van der Waals surface area contributed by atoms with Crippen LogP contribution in [0.25, 0.3) is 0 Å². The molecule has 0 aromatic carbocycles. The summed E-state index contributed by atoms with van der Waals surface area (Å²) in [4.78, 5) is 0. The molecule has 0 saturated heterocycles. The van der Waals surface area contributed by atoms with Gasteiger partial charge < -0.3 is 10.1 Å². The van der Waals surface area contributed by atoms with E-state index in [2.05, 4.69) is 11.4 Å². The predicted octanol–water partition coefficient (Wildman–Crippen LogP) is 1.30. The minimum absolute atomic E-state index is 0.0378. The zero-order valence-electron chi connectivity index (χ0n) is 8.25. The summed E-state index contributed by atoms with van der Waals surface area (Å²) in [5, 5.41) is 11.8. The zero-order chi connectivity index (χ0) is 9.52. The molecule has 1 saturated carbocycles. The molecule has 0 bridgehead atoms. The van der Waals surface area contributed by atoms with Gasteiger partial charge in [-0.3, -0.25) is 0 Å². The van der Waals surface area contributed by atoms with Gasteiger partial charge in [0.25, 0.3) is 0 Å². The molecule has 0 radical (unpaired) electrons. The molecule has 1 aliphatic rings. The number of ether oxygens (including phenoxy) is 1.